The van der Waals surface area contributed by atoms with Crippen LogP contribution in [-0.4, -0.2) is 25.7 Å². The Hall–Kier alpha value is -4.30. The molecular formula is C32H34N2O5S. The largest absolute Gasteiger partial charge is 0.481 e. The normalized spacial score (nSPS) is 11.2. The van der Waals surface area contributed by atoms with E-state index in [2.05, 4.69) is 21.8 Å². The molecule has 0 aliphatic carbocycles. The van der Waals surface area contributed by atoms with E-state index in [9.17, 15) is 13.2 Å². The molecule has 4 rings (SSSR count). The minimum atomic E-state index is -3.40. The van der Waals surface area contributed by atoms with Gasteiger partial charge >= 0.3 is 5.97 Å². The molecule has 0 aliphatic heterocycles. The predicted octanol–water partition coefficient (Wildman–Crippen LogP) is 6.77. The molecule has 0 spiro atoms. The summed E-state index contributed by atoms with van der Waals surface area (Å²) >= 11 is 0. The number of rotatable bonds is 13. The van der Waals surface area contributed by atoms with Crippen LogP contribution < -0.4 is 14.4 Å². The van der Waals surface area contributed by atoms with Gasteiger partial charge in [-0.05, 0) is 78.4 Å². The molecule has 0 fully saturated rings. The summed E-state index contributed by atoms with van der Waals surface area (Å²) in [6.07, 6.45) is 2.64. The summed E-state index contributed by atoms with van der Waals surface area (Å²) in [5, 5.41) is 8.81. The van der Waals surface area contributed by atoms with Gasteiger partial charge in [-0.1, -0.05) is 60.7 Å². The molecule has 0 aromatic heterocycles. The van der Waals surface area contributed by atoms with Crippen molar-refractivity contribution in [2.75, 3.05) is 15.9 Å². The van der Waals surface area contributed by atoms with Gasteiger partial charge in [0.25, 0.3) is 0 Å². The van der Waals surface area contributed by atoms with E-state index in [4.69, 9.17) is 9.84 Å². The monoisotopic (exact) mass is 558 g/mol. The second-order valence-corrected chi connectivity index (χ2v) is 11.6. The lowest BCUT2D eigenvalue weighted by Crippen LogP contribution is -2.23. The van der Waals surface area contributed by atoms with E-state index in [1.165, 1.54) is 0 Å². The molecule has 40 heavy (non-hydrogen) atoms. The van der Waals surface area contributed by atoms with Crippen LogP contribution in [0.25, 0.3) is 0 Å². The van der Waals surface area contributed by atoms with Crippen LogP contribution in [0.5, 0.6) is 11.5 Å². The zero-order chi connectivity index (χ0) is 28.5. The third-order valence-electron chi connectivity index (χ3n) is 6.47. The van der Waals surface area contributed by atoms with Crippen molar-refractivity contribution in [3.8, 4) is 11.5 Å². The summed E-state index contributed by atoms with van der Waals surface area (Å²) in [4.78, 5) is 12.9. The van der Waals surface area contributed by atoms with Crippen molar-refractivity contribution in [3.63, 3.8) is 0 Å². The molecule has 2 N–H and O–H groups in total. The van der Waals surface area contributed by atoms with Gasteiger partial charge in [-0.2, -0.15) is 0 Å². The summed E-state index contributed by atoms with van der Waals surface area (Å²) in [5.41, 5.74) is 5.67. The first kappa shape index (κ1) is 28.7. The minimum absolute atomic E-state index is 0.163. The summed E-state index contributed by atoms with van der Waals surface area (Å²) in [6, 6.07) is 31.5. The fourth-order valence-corrected chi connectivity index (χ4v) is 5.11. The predicted molar refractivity (Wildman–Crippen MR) is 160 cm³/mol. The van der Waals surface area contributed by atoms with Gasteiger partial charge in [0.15, 0.2) is 0 Å². The molecule has 7 nitrogen and oxygen atoms in total. The van der Waals surface area contributed by atoms with Crippen molar-refractivity contribution in [2.45, 2.75) is 39.3 Å². The van der Waals surface area contributed by atoms with Crippen LogP contribution >= 0.6 is 0 Å². The molecule has 208 valence electrons. The highest BCUT2D eigenvalue weighted by Gasteiger charge is 2.15. The van der Waals surface area contributed by atoms with Crippen molar-refractivity contribution in [1.29, 1.82) is 0 Å². The highest BCUT2D eigenvalue weighted by atomic mass is 32.2. The first-order valence-corrected chi connectivity index (χ1v) is 15.0. The van der Waals surface area contributed by atoms with Crippen LogP contribution in [0.15, 0.2) is 97.1 Å². The van der Waals surface area contributed by atoms with Gasteiger partial charge in [0.1, 0.15) is 11.5 Å². The second kappa shape index (κ2) is 13.2. The molecule has 0 heterocycles. The molecule has 0 atom stereocenters. The Morgan fingerprint density at radius 2 is 1.38 bits per heavy atom. The number of carboxylic acids is 1. The quantitative estimate of drug-likeness (QED) is 0.188. The highest BCUT2D eigenvalue weighted by molar-refractivity contribution is 7.92. The molecule has 0 bridgehead atoms. The smallest absolute Gasteiger partial charge is 0.303 e. The number of aliphatic carboxylic acids is 1. The van der Waals surface area contributed by atoms with Crippen LogP contribution in [-0.2, 0) is 34.3 Å². The fraction of sp³-hybridized carbons (Fsp3) is 0.219. The lowest BCUT2D eigenvalue weighted by Gasteiger charge is -2.28. The topological polar surface area (TPSA) is 95.9 Å². The number of benzene rings is 4. The Labute approximate surface area is 236 Å². The van der Waals surface area contributed by atoms with Gasteiger partial charge in [-0.15, -0.1) is 0 Å². The molecule has 8 heteroatoms. The number of hydrogen-bond acceptors (Lipinski definition) is 5. The number of sulfonamides is 1. The Morgan fingerprint density at radius 3 is 1.95 bits per heavy atom. The molecule has 0 saturated carbocycles. The third kappa shape index (κ3) is 8.61. The first-order chi connectivity index (χ1) is 19.2. The van der Waals surface area contributed by atoms with E-state index < -0.39 is 16.0 Å². The zero-order valence-corrected chi connectivity index (χ0v) is 23.5. The summed E-state index contributed by atoms with van der Waals surface area (Å²) < 4.78 is 32.5. The number of ether oxygens (including phenoxy) is 1. The van der Waals surface area contributed by atoms with E-state index in [1.54, 1.807) is 6.07 Å². The lowest BCUT2D eigenvalue weighted by molar-refractivity contribution is -0.137. The number of nitrogens with zero attached hydrogens (tertiary/aromatic N) is 1. The molecule has 0 amide bonds. The first-order valence-electron chi connectivity index (χ1n) is 13.1. The summed E-state index contributed by atoms with van der Waals surface area (Å²) in [5.74, 6) is 0.651. The molecule has 4 aromatic rings. The van der Waals surface area contributed by atoms with Crippen molar-refractivity contribution in [3.05, 3.63) is 119 Å². The van der Waals surface area contributed by atoms with Crippen LogP contribution in [0.2, 0.25) is 0 Å². The van der Waals surface area contributed by atoms with Crippen molar-refractivity contribution < 1.29 is 23.1 Å². The van der Waals surface area contributed by atoms with E-state index >= 15 is 0 Å². The second-order valence-electron chi connectivity index (χ2n) is 9.80. The van der Waals surface area contributed by atoms with E-state index in [-0.39, 0.29) is 6.42 Å². The minimum Gasteiger partial charge on any atom is -0.481 e. The third-order valence-corrected chi connectivity index (χ3v) is 7.06. The Bertz CT molecular complexity index is 1520. The van der Waals surface area contributed by atoms with Gasteiger partial charge in [-0.3, -0.25) is 9.52 Å². The van der Waals surface area contributed by atoms with Crippen LogP contribution in [0.1, 0.15) is 35.1 Å². The summed E-state index contributed by atoms with van der Waals surface area (Å²) in [7, 11) is -3.40. The maximum Gasteiger partial charge on any atom is 0.303 e. The van der Waals surface area contributed by atoms with Crippen LogP contribution in [0, 0.1) is 6.92 Å². The van der Waals surface area contributed by atoms with Crippen LogP contribution in [0.3, 0.4) is 0 Å². The Kier molecular flexibility index (Phi) is 9.45. The molecule has 0 radical (unpaired) electrons. The molecular weight excluding hydrogens is 524 g/mol. The van der Waals surface area contributed by atoms with Gasteiger partial charge in [-0.25, -0.2) is 8.42 Å². The van der Waals surface area contributed by atoms with E-state index in [0.717, 1.165) is 34.2 Å². The standard InChI is InChI=1S/C32H34N2O5S/c1-24-30(33-40(2,37)38)11-7-12-31(24)34(22-26-8-4-3-5-9-26)23-27-16-20-29(21-17-27)39-28-18-14-25(15-19-28)10-6-13-32(35)36/h3-5,7-9,11-12,14-21,33H,6,10,13,22-23H2,1-2H3,(H,35,36). The Morgan fingerprint density at radius 1 is 0.800 bits per heavy atom. The van der Waals surface area contributed by atoms with Gasteiger partial charge < -0.3 is 14.7 Å². The molecule has 4 aromatic carbocycles. The van der Waals surface area contributed by atoms with Crippen molar-refractivity contribution in [2.24, 2.45) is 0 Å². The number of carboxylic acid groups (broad SMARTS) is 1. The summed E-state index contributed by atoms with van der Waals surface area (Å²) in [6.45, 7) is 3.19. The zero-order valence-electron chi connectivity index (χ0n) is 22.7. The molecule has 0 saturated heterocycles. The molecule has 0 unspecified atom stereocenters. The number of anilines is 2. The van der Waals surface area contributed by atoms with E-state index in [0.29, 0.717) is 43.1 Å². The van der Waals surface area contributed by atoms with Gasteiger partial charge in [0, 0.05) is 25.2 Å². The van der Waals surface area contributed by atoms with Crippen molar-refractivity contribution in [1.82, 2.24) is 0 Å². The van der Waals surface area contributed by atoms with Gasteiger partial charge in [0.2, 0.25) is 10.0 Å². The van der Waals surface area contributed by atoms with Crippen LogP contribution in [0.4, 0.5) is 11.4 Å². The Balaban J connectivity index is 1.49. The maximum atomic E-state index is 11.9. The lowest BCUT2D eigenvalue weighted by atomic mass is 10.1. The average molecular weight is 559 g/mol. The number of hydrogen-bond donors (Lipinski definition) is 2. The highest BCUT2D eigenvalue weighted by Crippen LogP contribution is 2.30. The number of aryl methyl sites for hydroxylation is 1. The maximum absolute atomic E-state index is 11.9. The SMILES string of the molecule is Cc1c(NS(C)(=O)=O)cccc1N(Cc1ccccc1)Cc1ccc(Oc2ccc(CCCC(=O)O)cc2)cc1. The fourth-order valence-electron chi connectivity index (χ4n) is 4.49. The number of carbonyl (C=O) groups is 1. The average Bonchev–Trinajstić information content (AvgIpc) is 2.91. The number of nitrogens with one attached hydrogen (secondary N) is 1. The molecule has 0 aliphatic rings. The van der Waals surface area contributed by atoms with Crippen molar-refractivity contribution >= 4 is 27.4 Å². The van der Waals surface area contributed by atoms with E-state index in [1.807, 2.05) is 85.8 Å². The van der Waals surface area contributed by atoms with Gasteiger partial charge in [0.05, 0.1) is 11.9 Å².